The summed E-state index contributed by atoms with van der Waals surface area (Å²) in [7, 11) is 0. The van der Waals surface area contributed by atoms with E-state index in [0.717, 1.165) is 21.6 Å². The van der Waals surface area contributed by atoms with Gasteiger partial charge in [-0.2, -0.15) is 0 Å². The summed E-state index contributed by atoms with van der Waals surface area (Å²) < 4.78 is 28.9. The summed E-state index contributed by atoms with van der Waals surface area (Å²) in [5.41, 5.74) is 3.50. The SMILES string of the molecule is CCC(F)(F)c1cccc(NC(=O)c2c(C)[nH]c(-c3cccc(-c4ncncc4C)c3)[n+]2O)c1. The first-order chi connectivity index (χ1) is 16.2. The second kappa shape index (κ2) is 9.01. The van der Waals surface area contributed by atoms with Crippen LogP contribution in [0.4, 0.5) is 14.5 Å². The van der Waals surface area contributed by atoms with E-state index in [-0.39, 0.29) is 23.4 Å². The standard InChI is InChI=1S/C25H23F2N5O2/c1-4-25(26,27)19-9-6-10-20(12-19)31-24(33)22-16(3)30-23(32(22)34)18-8-5-7-17(11-18)21-15(2)13-28-14-29-21/h5-14,34H,4H2,1-3H3,(H,31,33)/p+1. The maximum Gasteiger partial charge on any atom is 0.327 e. The van der Waals surface area contributed by atoms with Crippen molar-refractivity contribution >= 4 is 11.6 Å². The maximum atomic E-state index is 14.1. The zero-order valence-electron chi connectivity index (χ0n) is 18.9. The maximum absolute atomic E-state index is 14.1. The van der Waals surface area contributed by atoms with Crippen molar-refractivity contribution in [1.82, 2.24) is 15.0 Å². The molecule has 0 unspecified atom stereocenters. The van der Waals surface area contributed by atoms with Crippen molar-refractivity contribution in [3.8, 4) is 22.6 Å². The largest absolute Gasteiger partial charge is 0.349 e. The number of aryl methyl sites for hydroxylation is 2. The van der Waals surface area contributed by atoms with Crippen molar-refractivity contribution < 1.29 is 23.5 Å². The quantitative estimate of drug-likeness (QED) is 0.275. The Morgan fingerprint density at radius 3 is 2.62 bits per heavy atom. The van der Waals surface area contributed by atoms with Gasteiger partial charge in [0.05, 0.1) is 11.3 Å². The van der Waals surface area contributed by atoms with Gasteiger partial charge in [-0.1, -0.05) is 31.2 Å². The number of alkyl halides is 2. The van der Waals surface area contributed by atoms with Crippen LogP contribution in [0.15, 0.2) is 61.1 Å². The molecule has 34 heavy (non-hydrogen) atoms. The van der Waals surface area contributed by atoms with Gasteiger partial charge in [-0.05, 0) is 41.5 Å². The van der Waals surface area contributed by atoms with E-state index >= 15 is 0 Å². The predicted octanol–water partition coefficient (Wildman–Crippen LogP) is 5.03. The van der Waals surface area contributed by atoms with E-state index in [2.05, 4.69) is 20.3 Å². The van der Waals surface area contributed by atoms with Crippen LogP contribution in [0, 0.1) is 13.8 Å². The van der Waals surface area contributed by atoms with Crippen LogP contribution >= 0.6 is 0 Å². The number of aromatic nitrogens is 4. The van der Waals surface area contributed by atoms with E-state index in [1.54, 1.807) is 19.2 Å². The summed E-state index contributed by atoms with van der Waals surface area (Å²) in [5.74, 6) is -3.34. The number of anilines is 1. The Bertz CT molecular complexity index is 1370. The Hall–Kier alpha value is -4.14. The van der Waals surface area contributed by atoms with Crippen LogP contribution in [-0.4, -0.2) is 26.1 Å². The highest BCUT2D eigenvalue weighted by molar-refractivity contribution is 6.02. The lowest BCUT2D eigenvalue weighted by molar-refractivity contribution is -0.896. The highest BCUT2D eigenvalue weighted by atomic mass is 19.3. The fraction of sp³-hybridized carbons (Fsp3) is 0.200. The molecule has 0 atom stereocenters. The Morgan fingerprint density at radius 2 is 1.88 bits per heavy atom. The Morgan fingerprint density at radius 1 is 1.15 bits per heavy atom. The van der Waals surface area contributed by atoms with Gasteiger partial charge in [-0.3, -0.25) is 4.79 Å². The summed E-state index contributed by atoms with van der Waals surface area (Å²) in [5, 5.41) is 13.4. The topological polar surface area (TPSA) is 94.8 Å². The average molecular weight is 464 g/mol. The molecule has 7 nitrogen and oxygen atoms in total. The number of benzene rings is 2. The molecule has 2 heterocycles. The molecule has 0 fully saturated rings. The number of aromatic amines is 1. The minimum Gasteiger partial charge on any atom is -0.349 e. The van der Waals surface area contributed by atoms with Gasteiger partial charge in [-0.15, -0.1) is 0 Å². The number of hydrogen-bond donors (Lipinski definition) is 3. The van der Waals surface area contributed by atoms with Gasteiger partial charge in [-0.25, -0.2) is 23.7 Å². The summed E-state index contributed by atoms with van der Waals surface area (Å²) in [4.78, 5) is 24.3. The fourth-order valence-corrected chi connectivity index (χ4v) is 3.76. The van der Waals surface area contributed by atoms with Crippen molar-refractivity contribution in [2.45, 2.75) is 33.1 Å². The molecule has 174 valence electrons. The van der Waals surface area contributed by atoms with Crippen molar-refractivity contribution in [2.75, 3.05) is 5.32 Å². The number of nitrogens with one attached hydrogen (secondary N) is 2. The molecule has 2 aromatic heterocycles. The second-order valence-corrected chi connectivity index (χ2v) is 7.99. The molecule has 0 aliphatic heterocycles. The first kappa shape index (κ1) is 23.0. The summed E-state index contributed by atoms with van der Waals surface area (Å²) in [6.07, 6.45) is 2.83. The highest BCUT2D eigenvalue weighted by Gasteiger charge is 2.31. The highest BCUT2D eigenvalue weighted by Crippen LogP contribution is 2.32. The lowest BCUT2D eigenvalue weighted by Crippen LogP contribution is -2.39. The number of hydrogen-bond acceptors (Lipinski definition) is 4. The molecule has 0 bridgehead atoms. The molecule has 0 aliphatic rings. The number of amides is 1. The van der Waals surface area contributed by atoms with Crippen molar-refractivity contribution in [3.63, 3.8) is 0 Å². The van der Waals surface area contributed by atoms with Crippen molar-refractivity contribution in [2.24, 2.45) is 0 Å². The van der Waals surface area contributed by atoms with Crippen LogP contribution in [0.1, 0.15) is 40.7 Å². The zero-order valence-corrected chi connectivity index (χ0v) is 18.9. The van der Waals surface area contributed by atoms with E-state index in [1.165, 1.54) is 37.5 Å². The van der Waals surface area contributed by atoms with Gasteiger partial charge in [0.2, 0.25) is 0 Å². The minimum absolute atomic E-state index is 0.0359. The van der Waals surface area contributed by atoms with Gasteiger partial charge in [0, 0.05) is 36.4 Å². The number of rotatable bonds is 6. The molecule has 0 radical (unpaired) electrons. The van der Waals surface area contributed by atoms with Crippen LogP contribution < -0.4 is 10.0 Å². The molecule has 4 aromatic rings. The van der Waals surface area contributed by atoms with E-state index in [0.29, 0.717) is 17.1 Å². The molecule has 0 aliphatic carbocycles. The number of nitrogens with zero attached hydrogens (tertiary/aromatic N) is 3. The van der Waals surface area contributed by atoms with Gasteiger partial charge in [0.25, 0.3) is 11.6 Å². The smallest absolute Gasteiger partial charge is 0.327 e. The molecule has 0 spiro atoms. The van der Waals surface area contributed by atoms with Gasteiger partial charge < -0.3 is 10.5 Å². The average Bonchev–Trinajstić information content (AvgIpc) is 3.13. The third-order valence-corrected chi connectivity index (χ3v) is 5.59. The summed E-state index contributed by atoms with van der Waals surface area (Å²) >= 11 is 0. The fourth-order valence-electron chi connectivity index (χ4n) is 3.76. The molecule has 0 saturated heterocycles. The van der Waals surface area contributed by atoms with Gasteiger partial charge in [0.15, 0.2) is 5.69 Å². The Labute approximate surface area is 195 Å². The first-order valence-electron chi connectivity index (χ1n) is 10.7. The van der Waals surface area contributed by atoms with Crippen molar-refractivity contribution in [1.29, 1.82) is 0 Å². The van der Waals surface area contributed by atoms with Crippen LogP contribution in [-0.2, 0) is 5.92 Å². The normalized spacial score (nSPS) is 11.4. The Balaban J connectivity index is 1.65. The number of H-pyrrole nitrogens is 1. The molecule has 9 heteroatoms. The van der Waals surface area contributed by atoms with Crippen LogP contribution in [0.25, 0.3) is 22.6 Å². The van der Waals surface area contributed by atoms with E-state index in [9.17, 15) is 18.8 Å². The first-order valence-corrected chi connectivity index (χ1v) is 10.7. The van der Waals surface area contributed by atoms with Gasteiger partial charge >= 0.3 is 11.7 Å². The molecule has 0 saturated carbocycles. The zero-order chi connectivity index (χ0) is 24.5. The van der Waals surface area contributed by atoms with E-state index in [4.69, 9.17) is 0 Å². The summed E-state index contributed by atoms with van der Waals surface area (Å²) in [6, 6.07) is 12.9. The van der Waals surface area contributed by atoms with Gasteiger partial charge in [0.1, 0.15) is 6.33 Å². The monoisotopic (exact) mass is 464 g/mol. The summed E-state index contributed by atoms with van der Waals surface area (Å²) in [6.45, 7) is 4.94. The third kappa shape index (κ3) is 4.36. The van der Waals surface area contributed by atoms with E-state index in [1.807, 2.05) is 25.1 Å². The van der Waals surface area contributed by atoms with E-state index < -0.39 is 11.8 Å². The lowest BCUT2D eigenvalue weighted by atomic mass is 10.0. The molecule has 2 aromatic carbocycles. The molecule has 1 amide bonds. The third-order valence-electron chi connectivity index (χ3n) is 5.59. The second-order valence-electron chi connectivity index (χ2n) is 7.99. The molecular formula is C25H24F2N5O2+. The minimum atomic E-state index is -3.00. The van der Waals surface area contributed by atoms with Crippen molar-refractivity contribution in [3.05, 3.63) is 83.6 Å². The van der Waals surface area contributed by atoms with Crippen LogP contribution in [0.5, 0.6) is 0 Å². The number of imidazole rings is 1. The Kier molecular flexibility index (Phi) is 6.10. The number of carbonyl (C=O) groups excluding carboxylic acids is 1. The predicted molar refractivity (Wildman–Crippen MR) is 123 cm³/mol. The lowest BCUT2D eigenvalue weighted by Gasteiger charge is -2.15. The molecule has 3 N–H and O–H groups in total. The number of halogens is 2. The molecule has 4 rings (SSSR count). The van der Waals surface area contributed by atoms with Crippen LogP contribution in [0.3, 0.4) is 0 Å². The van der Waals surface area contributed by atoms with Crippen LogP contribution in [0.2, 0.25) is 0 Å². The number of carbonyl (C=O) groups is 1. The molecular weight excluding hydrogens is 440 g/mol.